The standard InChI is InChI=1S/C22H20F2N6O3/c1-22(2,33-11-10-31-3)20-27-26-17-7-6-16(28-30(17)20)19-18(25-21-29(19)8-9-32-21)14-5-4-13(23)12-15(14)24/h4-9,12H,10-11H2,1-3H3. The van der Waals surface area contributed by atoms with Gasteiger partial charge in [0, 0.05) is 24.9 Å². The second-order valence-electron chi connectivity index (χ2n) is 7.85. The number of nitrogens with zero attached hydrogens (tertiary/aromatic N) is 6. The summed E-state index contributed by atoms with van der Waals surface area (Å²) in [6.07, 6.45) is 3.12. The Morgan fingerprint density at radius 3 is 2.73 bits per heavy atom. The third-order valence-corrected chi connectivity index (χ3v) is 5.24. The van der Waals surface area contributed by atoms with Crippen LogP contribution in [0.25, 0.3) is 34.1 Å². The fraction of sp³-hybridized carbons (Fsp3) is 0.273. The smallest absolute Gasteiger partial charge is 0.306 e. The van der Waals surface area contributed by atoms with Gasteiger partial charge < -0.3 is 13.9 Å². The molecule has 0 spiro atoms. The predicted molar refractivity (Wildman–Crippen MR) is 113 cm³/mol. The topological polar surface area (TPSA) is 92.0 Å². The van der Waals surface area contributed by atoms with Crippen LogP contribution in [0, 0.1) is 11.6 Å². The van der Waals surface area contributed by atoms with E-state index in [9.17, 15) is 8.78 Å². The van der Waals surface area contributed by atoms with E-state index in [-0.39, 0.29) is 17.1 Å². The first-order valence-corrected chi connectivity index (χ1v) is 10.2. The summed E-state index contributed by atoms with van der Waals surface area (Å²) >= 11 is 0. The van der Waals surface area contributed by atoms with Crippen molar-refractivity contribution in [3.8, 4) is 22.6 Å². The molecule has 1 aromatic carbocycles. The van der Waals surface area contributed by atoms with Crippen LogP contribution in [0.2, 0.25) is 0 Å². The molecule has 9 nitrogen and oxygen atoms in total. The molecule has 0 aliphatic heterocycles. The lowest BCUT2D eigenvalue weighted by Gasteiger charge is -2.22. The summed E-state index contributed by atoms with van der Waals surface area (Å²) in [5.74, 6) is -0.684. The van der Waals surface area contributed by atoms with Crippen LogP contribution < -0.4 is 0 Å². The summed E-state index contributed by atoms with van der Waals surface area (Å²) in [5, 5.41) is 13.2. The Kier molecular flexibility index (Phi) is 5.14. The minimum Gasteiger partial charge on any atom is -0.432 e. The zero-order chi connectivity index (χ0) is 23.2. The fourth-order valence-electron chi connectivity index (χ4n) is 3.64. The molecule has 0 radical (unpaired) electrons. The van der Waals surface area contributed by atoms with E-state index in [1.165, 1.54) is 18.4 Å². The summed E-state index contributed by atoms with van der Waals surface area (Å²) in [6, 6.07) is 6.81. The van der Waals surface area contributed by atoms with E-state index in [1.807, 2.05) is 13.8 Å². The van der Waals surface area contributed by atoms with Gasteiger partial charge >= 0.3 is 5.84 Å². The Morgan fingerprint density at radius 1 is 1.09 bits per heavy atom. The van der Waals surface area contributed by atoms with E-state index in [1.54, 1.807) is 34.4 Å². The van der Waals surface area contributed by atoms with Crippen LogP contribution in [0.3, 0.4) is 0 Å². The molecule has 0 N–H and O–H groups in total. The Balaban J connectivity index is 1.67. The number of methoxy groups -OCH3 is 1. The van der Waals surface area contributed by atoms with Crippen LogP contribution in [0.4, 0.5) is 8.78 Å². The van der Waals surface area contributed by atoms with Gasteiger partial charge in [-0.1, -0.05) is 0 Å². The van der Waals surface area contributed by atoms with Gasteiger partial charge in [-0.2, -0.15) is 14.6 Å². The molecule has 170 valence electrons. The number of hydrogen-bond acceptors (Lipinski definition) is 7. The molecule has 0 bridgehead atoms. The van der Waals surface area contributed by atoms with E-state index in [0.29, 0.717) is 36.1 Å². The van der Waals surface area contributed by atoms with Crippen molar-refractivity contribution in [2.24, 2.45) is 0 Å². The highest BCUT2D eigenvalue weighted by Gasteiger charge is 2.29. The van der Waals surface area contributed by atoms with E-state index in [4.69, 9.17) is 19.0 Å². The van der Waals surface area contributed by atoms with Crippen LogP contribution in [-0.4, -0.2) is 49.5 Å². The first kappa shape index (κ1) is 21.2. The predicted octanol–water partition coefficient (Wildman–Crippen LogP) is 3.88. The SMILES string of the molecule is COCCOC(C)(C)c1nnc2ccc(-c3c(-c4ccc(F)cc4F)nc4occn34)nn12. The number of fused-ring (bicyclic) bond motifs is 2. The lowest BCUT2D eigenvalue weighted by molar-refractivity contribution is -0.0496. The van der Waals surface area contributed by atoms with Gasteiger partial charge in [-0.15, -0.1) is 10.2 Å². The van der Waals surface area contributed by atoms with Crippen molar-refractivity contribution in [2.75, 3.05) is 20.3 Å². The highest BCUT2D eigenvalue weighted by Crippen LogP contribution is 2.34. The monoisotopic (exact) mass is 454 g/mol. The minimum absolute atomic E-state index is 0.124. The van der Waals surface area contributed by atoms with Crippen molar-refractivity contribution in [3.05, 3.63) is 60.3 Å². The largest absolute Gasteiger partial charge is 0.432 e. The van der Waals surface area contributed by atoms with Crippen molar-refractivity contribution in [2.45, 2.75) is 19.4 Å². The molecule has 11 heteroatoms. The van der Waals surface area contributed by atoms with Crippen molar-refractivity contribution in [1.82, 2.24) is 29.2 Å². The number of ether oxygens (including phenoxy) is 2. The minimum atomic E-state index is -0.808. The average Bonchev–Trinajstić information content (AvgIpc) is 3.47. The third kappa shape index (κ3) is 3.64. The van der Waals surface area contributed by atoms with Gasteiger partial charge in [0.05, 0.1) is 13.2 Å². The van der Waals surface area contributed by atoms with Crippen LogP contribution in [-0.2, 0) is 15.1 Å². The van der Waals surface area contributed by atoms with Gasteiger partial charge in [-0.3, -0.25) is 4.40 Å². The molecular formula is C22H20F2N6O3. The van der Waals surface area contributed by atoms with Crippen LogP contribution in [0.15, 0.2) is 47.2 Å². The molecule has 0 aliphatic carbocycles. The van der Waals surface area contributed by atoms with Gasteiger partial charge in [0.15, 0.2) is 11.5 Å². The van der Waals surface area contributed by atoms with E-state index < -0.39 is 17.2 Å². The Morgan fingerprint density at radius 2 is 1.94 bits per heavy atom. The molecule has 4 aromatic heterocycles. The zero-order valence-corrected chi connectivity index (χ0v) is 18.1. The number of oxazole rings is 1. The van der Waals surface area contributed by atoms with Crippen molar-refractivity contribution in [3.63, 3.8) is 0 Å². The molecule has 0 fully saturated rings. The zero-order valence-electron chi connectivity index (χ0n) is 18.1. The molecule has 0 saturated carbocycles. The summed E-state index contributed by atoms with van der Waals surface area (Å²) < 4.78 is 47.8. The van der Waals surface area contributed by atoms with Gasteiger partial charge in [-0.05, 0) is 38.1 Å². The molecule has 0 amide bonds. The molecule has 0 unspecified atom stereocenters. The number of imidazole rings is 1. The van der Waals surface area contributed by atoms with Crippen molar-refractivity contribution < 1.29 is 22.7 Å². The van der Waals surface area contributed by atoms with Gasteiger partial charge in [0.25, 0.3) is 0 Å². The van der Waals surface area contributed by atoms with Crippen LogP contribution in [0.1, 0.15) is 19.7 Å². The van der Waals surface area contributed by atoms with Crippen molar-refractivity contribution in [1.29, 1.82) is 0 Å². The molecule has 0 aliphatic rings. The van der Waals surface area contributed by atoms with E-state index in [2.05, 4.69) is 15.2 Å². The molecule has 5 rings (SSSR count). The molecular weight excluding hydrogens is 434 g/mol. The van der Waals surface area contributed by atoms with Gasteiger partial charge in [0.1, 0.15) is 40.6 Å². The fourth-order valence-corrected chi connectivity index (χ4v) is 3.64. The maximum absolute atomic E-state index is 14.6. The molecule has 33 heavy (non-hydrogen) atoms. The van der Waals surface area contributed by atoms with Crippen molar-refractivity contribution >= 4 is 11.5 Å². The average molecular weight is 454 g/mol. The van der Waals surface area contributed by atoms with Crippen LogP contribution in [0.5, 0.6) is 0 Å². The lowest BCUT2D eigenvalue weighted by atomic mass is 10.1. The molecule has 0 saturated heterocycles. The second-order valence-corrected chi connectivity index (χ2v) is 7.85. The summed E-state index contributed by atoms with van der Waals surface area (Å²) in [7, 11) is 1.60. The lowest BCUT2D eigenvalue weighted by Crippen LogP contribution is -2.27. The summed E-state index contributed by atoms with van der Waals surface area (Å²) in [6.45, 7) is 4.52. The summed E-state index contributed by atoms with van der Waals surface area (Å²) in [4.78, 5) is 4.41. The maximum atomic E-state index is 14.6. The second kappa shape index (κ2) is 8.01. The number of halogens is 2. The van der Waals surface area contributed by atoms with Gasteiger partial charge in [0.2, 0.25) is 0 Å². The number of benzene rings is 1. The highest BCUT2D eigenvalue weighted by atomic mass is 19.1. The first-order valence-electron chi connectivity index (χ1n) is 10.2. The molecule has 4 heterocycles. The normalized spacial score (nSPS) is 12.3. The Bertz CT molecular complexity index is 1460. The molecule has 0 atom stereocenters. The number of aromatic nitrogens is 6. The Hall–Kier alpha value is -3.70. The number of hydrogen-bond donors (Lipinski definition) is 0. The number of rotatable bonds is 7. The maximum Gasteiger partial charge on any atom is 0.306 e. The quantitative estimate of drug-likeness (QED) is 0.345. The van der Waals surface area contributed by atoms with Gasteiger partial charge in [-0.25, -0.2) is 8.78 Å². The first-order chi connectivity index (χ1) is 15.9. The van der Waals surface area contributed by atoms with E-state index in [0.717, 1.165) is 6.07 Å². The third-order valence-electron chi connectivity index (χ3n) is 5.24. The van der Waals surface area contributed by atoms with E-state index >= 15 is 0 Å². The highest BCUT2D eigenvalue weighted by molar-refractivity contribution is 5.80. The Labute approximate surface area is 186 Å². The molecule has 5 aromatic rings. The van der Waals surface area contributed by atoms with Crippen LogP contribution >= 0.6 is 0 Å². The summed E-state index contributed by atoms with van der Waals surface area (Å²) in [5.41, 5.74) is 1.04.